The SMILES string of the molecule is COC(CC(=O)OC(C)(C)C)[C@H](C1CCCC1)N(C)C(=O)[C@@H](NC(=O)C(C)(C)NC(=O)OCC1c2ccccc2-c2ccccc21)C(C)C. The van der Waals surface area contributed by atoms with Crippen LogP contribution >= 0.6 is 0 Å². The number of likely N-dealkylation sites (N-methyl/N-ethyl adjacent to an activating group) is 1. The molecule has 2 aliphatic rings. The molecule has 0 saturated heterocycles. The number of alkyl carbamates (subject to hydrolysis) is 1. The lowest BCUT2D eigenvalue weighted by Crippen LogP contribution is -2.62. The average Bonchev–Trinajstić information content (AvgIpc) is 3.67. The number of rotatable bonds is 13. The van der Waals surface area contributed by atoms with Gasteiger partial charge in [-0.05, 0) is 81.5 Å². The Morgan fingerprint density at radius 2 is 1.45 bits per heavy atom. The first kappa shape index (κ1) is 37.9. The topological polar surface area (TPSA) is 123 Å². The Bertz CT molecular complexity index is 1450. The zero-order valence-electron chi connectivity index (χ0n) is 30.6. The number of benzene rings is 2. The smallest absolute Gasteiger partial charge is 0.408 e. The number of amides is 3. The summed E-state index contributed by atoms with van der Waals surface area (Å²) >= 11 is 0. The molecule has 0 aliphatic heterocycles. The van der Waals surface area contributed by atoms with Gasteiger partial charge in [-0.1, -0.05) is 75.2 Å². The Morgan fingerprint density at radius 1 is 0.898 bits per heavy atom. The fraction of sp³-hybridized carbons (Fsp3) is 0.590. The molecule has 268 valence electrons. The second kappa shape index (κ2) is 15.7. The van der Waals surface area contributed by atoms with Crippen LogP contribution in [0.3, 0.4) is 0 Å². The molecule has 0 heterocycles. The largest absolute Gasteiger partial charge is 0.460 e. The van der Waals surface area contributed by atoms with Gasteiger partial charge in [0.25, 0.3) is 0 Å². The summed E-state index contributed by atoms with van der Waals surface area (Å²) in [4.78, 5) is 55.4. The van der Waals surface area contributed by atoms with E-state index in [4.69, 9.17) is 14.2 Å². The molecule has 0 bridgehead atoms. The number of ether oxygens (including phenoxy) is 3. The molecule has 1 unspecified atom stereocenters. The molecule has 2 aliphatic carbocycles. The van der Waals surface area contributed by atoms with Crippen molar-refractivity contribution in [2.45, 2.75) is 116 Å². The van der Waals surface area contributed by atoms with Gasteiger partial charge in [0.2, 0.25) is 11.8 Å². The maximum Gasteiger partial charge on any atom is 0.408 e. The molecular weight excluding hydrogens is 622 g/mol. The lowest BCUT2D eigenvalue weighted by Gasteiger charge is -2.40. The molecular formula is C39H55N3O7. The fourth-order valence-corrected chi connectivity index (χ4v) is 7.21. The van der Waals surface area contributed by atoms with Gasteiger partial charge >= 0.3 is 12.1 Å². The maximum absolute atomic E-state index is 14.2. The number of hydrogen-bond acceptors (Lipinski definition) is 7. The van der Waals surface area contributed by atoms with E-state index in [0.29, 0.717) is 0 Å². The van der Waals surface area contributed by atoms with Gasteiger partial charge in [0, 0.05) is 20.1 Å². The zero-order valence-corrected chi connectivity index (χ0v) is 30.6. The normalized spacial score (nSPS) is 16.7. The molecule has 2 N–H and O–H groups in total. The van der Waals surface area contributed by atoms with Crippen LogP contribution in [0.15, 0.2) is 48.5 Å². The molecule has 3 atom stereocenters. The minimum atomic E-state index is -1.38. The summed E-state index contributed by atoms with van der Waals surface area (Å²) < 4.78 is 17.1. The second-order valence-corrected chi connectivity index (χ2v) is 15.3. The quantitative estimate of drug-likeness (QED) is 0.242. The highest BCUT2D eigenvalue weighted by Crippen LogP contribution is 2.44. The van der Waals surface area contributed by atoms with Gasteiger partial charge in [0.05, 0.1) is 18.6 Å². The number of fused-ring (bicyclic) bond motifs is 3. The van der Waals surface area contributed by atoms with E-state index >= 15 is 0 Å². The summed E-state index contributed by atoms with van der Waals surface area (Å²) in [6.45, 7) is 12.5. The number of nitrogens with one attached hydrogen (secondary N) is 2. The van der Waals surface area contributed by atoms with E-state index in [0.717, 1.165) is 47.9 Å². The van der Waals surface area contributed by atoms with Crippen LogP contribution in [0.4, 0.5) is 4.79 Å². The number of esters is 1. The van der Waals surface area contributed by atoms with Crippen molar-refractivity contribution in [3.05, 3.63) is 59.7 Å². The molecule has 4 rings (SSSR count). The van der Waals surface area contributed by atoms with Gasteiger partial charge in [-0.15, -0.1) is 0 Å². The zero-order chi connectivity index (χ0) is 36.1. The summed E-state index contributed by atoms with van der Waals surface area (Å²) in [6, 6.07) is 14.9. The Morgan fingerprint density at radius 3 is 1.96 bits per heavy atom. The van der Waals surface area contributed by atoms with E-state index in [1.807, 2.05) is 71.0 Å². The van der Waals surface area contributed by atoms with Crippen LogP contribution in [-0.2, 0) is 28.6 Å². The van der Waals surface area contributed by atoms with E-state index in [-0.39, 0.29) is 36.7 Å². The highest BCUT2D eigenvalue weighted by molar-refractivity contribution is 5.93. The predicted octanol–water partition coefficient (Wildman–Crippen LogP) is 6.21. The Balaban J connectivity index is 1.42. The third kappa shape index (κ3) is 9.21. The number of nitrogens with zero attached hydrogens (tertiary/aromatic N) is 1. The van der Waals surface area contributed by atoms with E-state index in [1.54, 1.807) is 32.9 Å². The van der Waals surface area contributed by atoms with E-state index in [1.165, 1.54) is 0 Å². The molecule has 1 fully saturated rings. The number of hydrogen-bond donors (Lipinski definition) is 2. The van der Waals surface area contributed by atoms with Gasteiger partial charge < -0.3 is 29.7 Å². The monoisotopic (exact) mass is 677 g/mol. The fourth-order valence-electron chi connectivity index (χ4n) is 7.21. The van der Waals surface area contributed by atoms with Crippen molar-refractivity contribution in [2.75, 3.05) is 20.8 Å². The number of carbonyl (C=O) groups is 4. The molecule has 10 nitrogen and oxygen atoms in total. The summed E-state index contributed by atoms with van der Waals surface area (Å²) in [5.41, 5.74) is 2.40. The first-order valence-corrected chi connectivity index (χ1v) is 17.5. The first-order chi connectivity index (χ1) is 23.0. The van der Waals surface area contributed by atoms with Crippen LogP contribution in [0.2, 0.25) is 0 Å². The van der Waals surface area contributed by atoms with Crippen molar-refractivity contribution in [1.82, 2.24) is 15.5 Å². The predicted molar refractivity (Wildman–Crippen MR) is 189 cm³/mol. The van der Waals surface area contributed by atoms with Gasteiger partial charge in [-0.25, -0.2) is 4.79 Å². The van der Waals surface area contributed by atoms with Crippen molar-refractivity contribution in [1.29, 1.82) is 0 Å². The summed E-state index contributed by atoms with van der Waals surface area (Å²) in [6.07, 6.45) is 2.58. The minimum absolute atomic E-state index is 0.00233. The summed E-state index contributed by atoms with van der Waals surface area (Å²) in [5.74, 6) is -1.44. The maximum atomic E-state index is 14.2. The highest BCUT2D eigenvalue weighted by Gasteiger charge is 2.42. The molecule has 3 amide bonds. The van der Waals surface area contributed by atoms with Gasteiger partial charge in [0.15, 0.2) is 0 Å². The number of methoxy groups -OCH3 is 1. The molecule has 2 aromatic carbocycles. The highest BCUT2D eigenvalue weighted by atomic mass is 16.6. The van der Waals surface area contributed by atoms with Gasteiger partial charge in [0.1, 0.15) is 23.8 Å². The molecule has 0 aromatic heterocycles. The Hall–Kier alpha value is -3.92. The van der Waals surface area contributed by atoms with Crippen molar-refractivity contribution in [3.8, 4) is 11.1 Å². The molecule has 49 heavy (non-hydrogen) atoms. The van der Waals surface area contributed by atoms with Crippen molar-refractivity contribution in [2.24, 2.45) is 11.8 Å². The molecule has 1 saturated carbocycles. The van der Waals surface area contributed by atoms with E-state index in [9.17, 15) is 19.2 Å². The Kier molecular flexibility index (Phi) is 12.2. The second-order valence-electron chi connectivity index (χ2n) is 15.3. The van der Waals surface area contributed by atoms with Gasteiger partial charge in [-0.2, -0.15) is 0 Å². The summed E-state index contributed by atoms with van der Waals surface area (Å²) in [7, 11) is 3.27. The van der Waals surface area contributed by atoms with Crippen LogP contribution in [0.5, 0.6) is 0 Å². The Labute approximate surface area is 291 Å². The van der Waals surface area contributed by atoms with Crippen LogP contribution in [0.25, 0.3) is 11.1 Å². The van der Waals surface area contributed by atoms with Crippen molar-refractivity contribution in [3.63, 3.8) is 0 Å². The molecule has 0 spiro atoms. The average molecular weight is 678 g/mol. The minimum Gasteiger partial charge on any atom is -0.460 e. The lowest BCUT2D eigenvalue weighted by molar-refractivity contribution is -0.161. The molecule has 2 aromatic rings. The third-order valence-electron chi connectivity index (χ3n) is 9.69. The summed E-state index contributed by atoms with van der Waals surface area (Å²) in [5, 5.41) is 5.61. The van der Waals surface area contributed by atoms with Crippen LogP contribution < -0.4 is 10.6 Å². The van der Waals surface area contributed by atoms with Crippen LogP contribution in [0, 0.1) is 11.8 Å². The van der Waals surface area contributed by atoms with E-state index < -0.39 is 47.3 Å². The van der Waals surface area contributed by atoms with Crippen molar-refractivity contribution >= 4 is 23.9 Å². The van der Waals surface area contributed by atoms with Gasteiger partial charge in [-0.3, -0.25) is 14.4 Å². The molecule has 10 heteroatoms. The van der Waals surface area contributed by atoms with E-state index in [2.05, 4.69) is 22.8 Å². The van der Waals surface area contributed by atoms with Crippen molar-refractivity contribution < 1.29 is 33.4 Å². The standard InChI is InChI=1S/C39H55N3O7/c1-24(2)33(35(44)42(8)34(25-16-10-11-17-25)31(47-9)22-32(43)49-38(3,4)5)40-36(45)39(6,7)41-37(46)48-23-30-28-20-14-12-18-26(28)27-19-13-15-21-29(27)30/h12-15,18-21,24-25,30-31,33-34H,10-11,16-17,22-23H2,1-9H3,(H,40,45)(H,41,46)/t31?,33-,34-/m0/s1. The first-order valence-electron chi connectivity index (χ1n) is 17.5. The third-order valence-corrected chi connectivity index (χ3v) is 9.69. The number of carbonyl (C=O) groups excluding carboxylic acids is 4. The van der Waals surface area contributed by atoms with Crippen LogP contribution in [-0.4, -0.2) is 78.9 Å². The lowest BCUT2D eigenvalue weighted by atomic mass is 9.89. The molecule has 0 radical (unpaired) electrons. The van der Waals surface area contributed by atoms with Crippen LogP contribution in [0.1, 0.15) is 97.6 Å².